The van der Waals surface area contributed by atoms with Crippen LogP contribution < -0.4 is 5.32 Å². The summed E-state index contributed by atoms with van der Waals surface area (Å²) in [7, 11) is 0. The van der Waals surface area contributed by atoms with Crippen molar-refractivity contribution in [1.82, 2.24) is 10.1 Å². The summed E-state index contributed by atoms with van der Waals surface area (Å²) in [6.45, 7) is 2.71. The number of aromatic nitrogens is 1. The molecule has 2 saturated heterocycles. The van der Waals surface area contributed by atoms with E-state index in [4.69, 9.17) is 4.52 Å². The molecule has 6 nitrogen and oxygen atoms in total. The number of amides is 2. The van der Waals surface area contributed by atoms with Gasteiger partial charge >= 0.3 is 0 Å². The first-order valence-electron chi connectivity index (χ1n) is 9.17. The lowest BCUT2D eigenvalue weighted by Crippen LogP contribution is -2.43. The fraction of sp³-hybridized carbons (Fsp3) is 0.722. The Kier molecular flexibility index (Phi) is 4.75. The van der Waals surface area contributed by atoms with Gasteiger partial charge in [0.2, 0.25) is 11.8 Å². The van der Waals surface area contributed by atoms with Gasteiger partial charge in [0.15, 0.2) is 5.82 Å². The van der Waals surface area contributed by atoms with Crippen LogP contribution in [-0.2, 0) is 9.59 Å². The van der Waals surface area contributed by atoms with E-state index < -0.39 is 0 Å². The van der Waals surface area contributed by atoms with Crippen molar-refractivity contribution in [3.8, 4) is 0 Å². The summed E-state index contributed by atoms with van der Waals surface area (Å²) < 4.78 is 4.92. The molecule has 136 valence electrons. The van der Waals surface area contributed by atoms with Crippen LogP contribution in [0.2, 0.25) is 0 Å². The normalized spacial score (nSPS) is 30.4. The number of carbonyl (C=O) groups excluding carboxylic acids is 2. The van der Waals surface area contributed by atoms with Crippen LogP contribution in [0.1, 0.15) is 37.9 Å². The zero-order chi connectivity index (χ0) is 17.4. The van der Waals surface area contributed by atoms with E-state index in [0.717, 1.165) is 18.4 Å². The van der Waals surface area contributed by atoms with Crippen molar-refractivity contribution in [1.29, 1.82) is 0 Å². The zero-order valence-corrected chi connectivity index (χ0v) is 15.4. The standard InChI is InChI=1S/C18H25N3O3S/c1-11-2-16(20-24-11)19-17(22)9-25-10-18(23)21-8-14-4-12-3-13(5-14)7-15(21)6-12/h2,12-15H,3-10H2,1H3,(H,19,20,22). The van der Waals surface area contributed by atoms with Crippen molar-refractivity contribution >= 4 is 29.4 Å². The molecule has 1 aromatic heterocycles. The van der Waals surface area contributed by atoms with Gasteiger partial charge in [0.1, 0.15) is 5.76 Å². The van der Waals surface area contributed by atoms with Gasteiger partial charge in [-0.1, -0.05) is 5.16 Å². The van der Waals surface area contributed by atoms with Crippen LogP contribution in [0, 0.1) is 24.7 Å². The van der Waals surface area contributed by atoms with E-state index in [1.54, 1.807) is 13.0 Å². The molecule has 2 atom stereocenters. The highest BCUT2D eigenvalue weighted by molar-refractivity contribution is 8.00. The third kappa shape index (κ3) is 3.86. The fourth-order valence-corrected chi connectivity index (χ4v) is 5.71. The number of aryl methyl sites for hydroxylation is 1. The van der Waals surface area contributed by atoms with Gasteiger partial charge in [0.25, 0.3) is 0 Å². The Balaban J connectivity index is 1.25. The molecule has 1 aromatic rings. The van der Waals surface area contributed by atoms with Crippen molar-refractivity contribution < 1.29 is 14.1 Å². The fourth-order valence-electron chi connectivity index (χ4n) is 5.01. The largest absolute Gasteiger partial charge is 0.360 e. The average molecular weight is 363 g/mol. The number of nitrogens with zero attached hydrogens (tertiary/aromatic N) is 2. The van der Waals surface area contributed by atoms with Crippen LogP contribution in [0.3, 0.4) is 0 Å². The third-order valence-corrected chi connectivity index (χ3v) is 6.70. The lowest BCUT2D eigenvalue weighted by molar-refractivity contribution is -0.131. The highest BCUT2D eigenvalue weighted by Crippen LogP contribution is 2.47. The number of carbonyl (C=O) groups is 2. The number of hydrogen-bond acceptors (Lipinski definition) is 5. The van der Waals surface area contributed by atoms with Gasteiger partial charge in [0.05, 0.1) is 11.5 Å². The lowest BCUT2D eigenvalue weighted by Gasteiger charge is -2.39. The minimum absolute atomic E-state index is 0.151. The number of nitrogens with one attached hydrogen (secondary N) is 1. The van der Waals surface area contributed by atoms with Gasteiger partial charge in [-0.3, -0.25) is 9.59 Å². The van der Waals surface area contributed by atoms with Gasteiger partial charge in [-0.15, -0.1) is 11.8 Å². The highest BCUT2D eigenvalue weighted by atomic mass is 32.2. The van der Waals surface area contributed by atoms with Crippen LogP contribution in [0.15, 0.2) is 10.6 Å². The maximum absolute atomic E-state index is 12.7. The van der Waals surface area contributed by atoms with Crippen molar-refractivity contribution in [2.75, 3.05) is 23.4 Å². The molecule has 4 bridgehead atoms. The summed E-state index contributed by atoms with van der Waals surface area (Å²) in [5.74, 6) is 4.14. The van der Waals surface area contributed by atoms with E-state index in [1.165, 1.54) is 43.9 Å². The summed E-state index contributed by atoms with van der Waals surface area (Å²) in [4.78, 5) is 26.8. The molecule has 4 fully saturated rings. The number of anilines is 1. The second-order valence-corrected chi connectivity index (χ2v) is 8.83. The monoisotopic (exact) mass is 363 g/mol. The maximum Gasteiger partial charge on any atom is 0.235 e. The molecule has 2 saturated carbocycles. The van der Waals surface area contributed by atoms with Crippen LogP contribution in [-0.4, -0.2) is 46.0 Å². The van der Waals surface area contributed by atoms with Gasteiger partial charge in [-0.2, -0.15) is 0 Å². The Morgan fingerprint density at radius 2 is 1.92 bits per heavy atom. The Bertz CT molecular complexity index is 648. The van der Waals surface area contributed by atoms with Crippen molar-refractivity contribution in [2.24, 2.45) is 17.8 Å². The molecule has 25 heavy (non-hydrogen) atoms. The zero-order valence-electron chi connectivity index (χ0n) is 14.6. The van der Waals surface area contributed by atoms with Gasteiger partial charge in [-0.05, 0) is 56.8 Å². The number of rotatable bonds is 5. The summed E-state index contributed by atoms with van der Waals surface area (Å²) in [6.07, 6.45) is 6.38. The second-order valence-electron chi connectivity index (χ2n) is 7.84. The molecular formula is C18H25N3O3S. The van der Waals surface area contributed by atoms with Gasteiger partial charge < -0.3 is 14.7 Å². The summed E-state index contributed by atoms with van der Waals surface area (Å²) in [6, 6.07) is 2.12. The smallest absolute Gasteiger partial charge is 0.235 e. The minimum Gasteiger partial charge on any atom is -0.360 e. The van der Waals surface area contributed by atoms with Crippen molar-refractivity contribution in [3.05, 3.63) is 11.8 Å². The Morgan fingerprint density at radius 3 is 2.60 bits per heavy atom. The Hall–Kier alpha value is -1.50. The SMILES string of the molecule is Cc1cc(NC(=O)CSCC(=O)N2CC3CC4CC(C3)CC2C4)no1. The van der Waals surface area contributed by atoms with Crippen molar-refractivity contribution in [2.45, 2.75) is 45.1 Å². The van der Waals surface area contributed by atoms with Crippen LogP contribution in [0.4, 0.5) is 5.82 Å². The molecule has 7 heteroatoms. The maximum atomic E-state index is 12.7. The minimum atomic E-state index is -0.151. The molecule has 3 heterocycles. The van der Waals surface area contributed by atoms with Gasteiger partial charge in [-0.25, -0.2) is 0 Å². The topological polar surface area (TPSA) is 75.4 Å². The highest BCUT2D eigenvalue weighted by Gasteiger charge is 2.43. The molecule has 5 rings (SSSR count). The quantitative estimate of drug-likeness (QED) is 0.870. The van der Waals surface area contributed by atoms with E-state index in [2.05, 4.69) is 15.4 Å². The van der Waals surface area contributed by atoms with Crippen molar-refractivity contribution in [3.63, 3.8) is 0 Å². The van der Waals surface area contributed by atoms with E-state index in [1.807, 2.05) is 0 Å². The molecule has 2 amide bonds. The van der Waals surface area contributed by atoms with E-state index in [-0.39, 0.29) is 17.6 Å². The first kappa shape index (κ1) is 16.9. The average Bonchev–Trinajstić information content (AvgIpc) is 2.85. The third-order valence-electron chi connectivity index (χ3n) is 5.78. The second kappa shape index (κ2) is 7.02. The molecule has 2 aliphatic carbocycles. The van der Waals surface area contributed by atoms with E-state index in [0.29, 0.717) is 29.3 Å². The lowest BCUT2D eigenvalue weighted by atomic mass is 9.68. The molecular weight excluding hydrogens is 338 g/mol. The predicted molar refractivity (Wildman–Crippen MR) is 96.3 cm³/mol. The first-order chi connectivity index (χ1) is 12.1. The Morgan fingerprint density at radius 1 is 1.20 bits per heavy atom. The van der Waals surface area contributed by atoms with E-state index in [9.17, 15) is 9.59 Å². The van der Waals surface area contributed by atoms with Crippen LogP contribution in [0.5, 0.6) is 0 Å². The number of hydrogen-bond donors (Lipinski definition) is 1. The molecule has 0 spiro atoms. The first-order valence-corrected chi connectivity index (χ1v) is 10.3. The molecule has 2 unspecified atom stereocenters. The molecule has 4 aliphatic rings. The molecule has 2 aliphatic heterocycles. The number of fused-ring (bicyclic) bond motifs is 1. The summed E-state index contributed by atoms with van der Waals surface area (Å²) in [5.41, 5.74) is 0. The molecule has 0 aromatic carbocycles. The molecule has 1 N–H and O–H groups in total. The Labute approximate surface area is 152 Å². The van der Waals surface area contributed by atoms with Crippen LogP contribution in [0.25, 0.3) is 0 Å². The summed E-state index contributed by atoms with van der Waals surface area (Å²) in [5, 5.41) is 6.42. The predicted octanol–water partition coefficient (Wildman–Crippen LogP) is 2.69. The van der Waals surface area contributed by atoms with Gasteiger partial charge in [0, 0.05) is 18.7 Å². The van der Waals surface area contributed by atoms with Crippen LogP contribution >= 0.6 is 11.8 Å². The van der Waals surface area contributed by atoms with E-state index >= 15 is 0 Å². The number of thioether (sulfide) groups is 1. The molecule has 0 radical (unpaired) electrons. The summed E-state index contributed by atoms with van der Waals surface area (Å²) >= 11 is 1.38.